The largest absolute Gasteiger partial charge is 0.352 e. The van der Waals surface area contributed by atoms with Gasteiger partial charge in [-0.3, -0.25) is 4.79 Å². The summed E-state index contributed by atoms with van der Waals surface area (Å²) in [5, 5.41) is 3.49. The van der Waals surface area contributed by atoms with Crippen molar-refractivity contribution in [3.8, 4) is 0 Å². The first-order valence-corrected chi connectivity index (χ1v) is 6.41. The van der Waals surface area contributed by atoms with Crippen molar-refractivity contribution in [2.24, 2.45) is 5.92 Å². The van der Waals surface area contributed by atoms with Gasteiger partial charge in [-0.05, 0) is 46.5 Å². The Labute approximate surface area is 110 Å². The Hall–Kier alpha value is -0.540. The van der Waals surface area contributed by atoms with Crippen molar-refractivity contribution in [1.82, 2.24) is 5.32 Å². The van der Waals surface area contributed by atoms with Gasteiger partial charge < -0.3 is 5.32 Å². The van der Waals surface area contributed by atoms with E-state index in [1.165, 1.54) is 0 Å². The lowest BCUT2D eigenvalue weighted by Gasteiger charge is -2.08. The predicted molar refractivity (Wildman–Crippen MR) is 70.9 cm³/mol. The van der Waals surface area contributed by atoms with Gasteiger partial charge >= 0.3 is 0 Å². The second-order valence-electron chi connectivity index (χ2n) is 4.06. The summed E-state index contributed by atoms with van der Waals surface area (Å²) in [6.07, 6.45) is 0.983. The molecule has 0 radical (unpaired) electrons. The fourth-order valence-corrected chi connectivity index (χ4v) is 2.11. The number of carbonyl (C=O) groups is 1. The summed E-state index contributed by atoms with van der Waals surface area (Å²) >= 11 is 9.13. The zero-order chi connectivity index (χ0) is 12.1. The lowest BCUT2D eigenvalue weighted by molar-refractivity contribution is 0.0951. The van der Waals surface area contributed by atoms with Crippen LogP contribution in [0.1, 0.15) is 30.6 Å². The smallest absolute Gasteiger partial charge is 0.252 e. The zero-order valence-electron chi connectivity index (χ0n) is 9.39. The molecule has 0 heterocycles. The highest BCUT2D eigenvalue weighted by atomic mass is 79.9. The van der Waals surface area contributed by atoms with E-state index in [2.05, 4.69) is 35.1 Å². The maximum Gasteiger partial charge on any atom is 0.252 e. The van der Waals surface area contributed by atoms with Crippen LogP contribution in [-0.4, -0.2) is 12.5 Å². The molecule has 16 heavy (non-hydrogen) atoms. The molecule has 1 aromatic rings. The van der Waals surface area contributed by atoms with Gasteiger partial charge in [0.05, 0.1) is 5.56 Å². The molecule has 0 aliphatic rings. The summed E-state index contributed by atoms with van der Waals surface area (Å²) in [5.41, 5.74) is 0.619. The van der Waals surface area contributed by atoms with E-state index in [0.29, 0.717) is 23.0 Å². The summed E-state index contributed by atoms with van der Waals surface area (Å²) < 4.78 is 0.724. The van der Waals surface area contributed by atoms with Crippen molar-refractivity contribution < 1.29 is 4.79 Å². The normalized spacial score (nSPS) is 10.6. The summed E-state index contributed by atoms with van der Waals surface area (Å²) in [6.45, 7) is 4.96. The number of rotatable bonds is 4. The van der Waals surface area contributed by atoms with Crippen LogP contribution in [0.3, 0.4) is 0 Å². The minimum absolute atomic E-state index is 0.0656. The number of hydrogen-bond donors (Lipinski definition) is 1. The molecule has 0 atom stereocenters. The molecule has 1 rings (SSSR count). The van der Waals surface area contributed by atoms with Gasteiger partial charge in [0.15, 0.2) is 0 Å². The van der Waals surface area contributed by atoms with E-state index in [1.54, 1.807) is 18.2 Å². The SMILES string of the molecule is CC(C)CCNC(=O)c1ccc(Cl)cc1Br. The van der Waals surface area contributed by atoms with Crippen LogP contribution in [-0.2, 0) is 0 Å². The van der Waals surface area contributed by atoms with Crippen LogP contribution >= 0.6 is 27.5 Å². The summed E-state index contributed by atoms with van der Waals surface area (Å²) in [5.74, 6) is 0.526. The van der Waals surface area contributed by atoms with Gasteiger partial charge in [-0.25, -0.2) is 0 Å². The van der Waals surface area contributed by atoms with E-state index in [4.69, 9.17) is 11.6 Å². The average Bonchev–Trinajstić information content (AvgIpc) is 2.16. The predicted octanol–water partition coefficient (Wildman–Crippen LogP) is 3.88. The highest BCUT2D eigenvalue weighted by molar-refractivity contribution is 9.10. The number of nitrogens with one attached hydrogen (secondary N) is 1. The number of benzene rings is 1. The molecule has 0 aliphatic carbocycles. The molecule has 0 aliphatic heterocycles. The minimum atomic E-state index is -0.0656. The summed E-state index contributed by atoms with van der Waals surface area (Å²) in [6, 6.07) is 5.15. The van der Waals surface area contributed by atoms with Crippen molar-refractivity contribution >= 4 is 33.4 Å². The molecular formula is C12H15BrClNO. The average molecular weight is 305 g/mol. The fraction of sp³-hybridized carbons (Fsp3) is 0.417. The third-order valence-corrected chi connectivity index (χ3v) is 3.07. The Bertz CT molecular complexity index is 379. The first-order chi connectivity index (χ1) is 7.50. The molecule has 2 nitrogen and oxygen atoms in total. The molecule has 1 amide bonds. The molecule has 0 fully saturated rings. The minimum Gasteiger partial charge on any atom is -0.352 e. The third kappa shape index (κ3) is 4.14. The molecule has 0 spiro atoms. The fourth-order valence-electron chi connectivity index (χ4n) is 1.24. The lowest BCUT2D eigenvalue weighted by Crippen LogP contribution is -2.25. The van der Waals surface area contributed by atoms with E-state index in [9.17, 15) is 4.79 Å². The highest BCUT2D eigenvalue weighted by Gasteiger charge is 2.09. The Morgan fingerprint density at radius 1 is 1.50 bits per heavy atom. The van der Waals surface area contributed by atoms with E-state index in [0.717, 1.165) is 10.9 Å². The molecular weight excluding hydrogens is 289 g/mol. The van der Waals surface area contributed by atoms with Crippen LogP contribution in [0.15, 0.2) is 22.7 Å². The van der Waals surface area contributed by atoms with E-state index in [1.807, 2.05) is 0 Å². The molecule has 88 valence electrons. The molecule has 1 aromatic carbocycles. The maximum absolute atomic E-state index is 11.8. The van der Waals surface area contributed by atoms with Crippen molar-refractivity contribution in [2.45, 2.75) is 20.3 Å². The Balaban J connectivity index is 2.59. The zero-order valence-corrected chi connectivity index (χ0v) is 11.7. The summed E-state index contributed by atoms with van der Waals surface area (Å²) in [4.78, 5) is 11.8. The number of halogens is 2. The summed E-state index contributed by atoms with van der Waals surface area (Å²) in [7, 11) is 0. The molecule has 0 unspecified atom stereocenters. The monoisotopic (exact) mass is 303 g/mol. The van der Waals surface area contributed by atoms with Gasteiger partial charge in [0.2, 0.25) is 0 Å². The molecule has 0 aromatic heterocycles. The molecule has 0 bridgehead atoms. The Kier molecular flexibility index (Phi) is 5.29. The second kappa shape index (κ2) is 6.26. The van der Waals surface area contributed by atoms with E-state index < -0.39 is 0 Å². The number of amides is 1. The lowest BCUT2D eigenvalue weighted by atomic mass is 10.1. The second-order valence-corrected chi connectivity index (χ2v) is 5.35. The van der Waals surface area contributed by atoms with Gasteiger partial charge in [-0.1, -0.05) is 25.4 Å². The van der Waals surface area contributed by atoms with Crippen molar-refractivity contribution in [3.63, 3.8) is 0 Å². The maximum atomic E-state index is 11.8. The Morgan fingerprint density at radius 3 is 2.75 bits per heavy atom. The first-order valence-electron chi connectivity index (χ1n) is 5.24. The number of carbonyl (C=O) groups excluding carboxylic acids is 1. The van der Waals surface area contributed by atoms with Crippen molar-refractivity contribution in [3.05, 3.63) is 33.3 Å². The van der Waals surface area contributed by atoms with Gasteiger partial charge in [0.1, 0.15) is 0 Å². The van der Waals surface area contributed by atoms with Gasteiger partial charge in [-0.2, -0.15) is 0 Å². The van der Waals surface area contributed by atoms with Crippen molar-refractivity contribution in [2.75, 3.05) is 6.54 Å². The first kappa shape index (κ1) is 13.5. The third-order valence-electron chi connectivity index (χ3n) is 2.18. The van der Waals surface area contributed by atoms with Gasteiger partial charge in [0, 0.05) is 16.0 Å². The topological polar surface area (TPSA) is 29.1 Å². The molecule has 0 saturated carbocycles. The molecule has 0 saturated heterocycles. The quantitative estimate of drug-likeness (QED) is 0.898. The van der Waals surface area contributed by atoms with Gasteiger partial charge in [0.25, 0.3) is 5.91 Å². The van der Waals surface area contributed by atoms with Crippen LogP contribution in [0.5, 0.6) is 0 Å². The van der Waals surface area contributed by atoms with Gasteiger partial charge in [-0.15, -0.1) is 0 Å². The Morgan fingerprint density at radius 2 is 2.19 bits per heavy atom. The molecule has 1 N–H and O–H groups in total. The van der Waals surface area contributed by atoms with E-state index in [-0.39, 0.29) is 5.91 Å². The van der Waals surface area contributed by atoms with Crippen LogP contribution in [0, 0.1) is 5.92 Å². The molecule has 4 heteroatoms. The number of hydrogen-bond acceptors (Lipinski definition) is 1. The van der Waals surface area contributed by atoms with Crippen LogP contribution in [0.4, 0.5) is 0 Å². The van der Waals surface area contributed by atoms with Crippen LogP contribution in [0.2, 0.25) is 5.02 Å². The highest BCUT2D eigenvalue weighted by Crippen LogP contribution is 2.21. The van der Waals surface area contributed by atoms with Crippen LogP contribution < -0.4 is 5.32 Å². The standard InChI is InChI=1S/C12H15BrClNO/c1-8(2)5-6-15-12(16)10-4-3-9(14)7-11(10)13/h3-4,7-8H,5-6H2,1-2H3,(H,15,16). The van der Waals surface area contributed by atoms with Crippen molar-refractivity contribution in [1.29, 1.82) is 0 Å². The van der Waals surface area contributed by atoms with Crippen LogP contribution in [0.25, 0.3) is 0 Å². The van der Waals surface area contributed by atoms with E-state index >= 15 is 0 Å².